The van der Waals surface area contributed by atoms with Crippen molar-refractivity contribution in [1.82, 2.24) is 0 Å². The molecule has 0 bridgehead atoms. The molecular formula is C18H22O4. The summed E-state index contributed by atoms with van der Waals surface area (Å²) < 4.78 is 9.99. The molecule has 0 aliphatic heterocycles. The quantitative estimate of drug-likeness (QED) is 0.616. The van der Waals surface area contributed by atoms with Crippen molar-refractivity contribution in [1.29, 1.82) is 0 Å². The topological polar surface area (TPSA) is 52.6 Å². The number of carbonyl (C=O) groups excluding carboxylic acids is 2. The first-order valence-corrected chi connectivity index (χ1v) is 7.16. The average molecular weight is 302 g/mol. The van der Waals surface area contributed by atoms with Crippen LogP contribution < -0.4 is 0 Å². The molecule has 0 aliphatic carbocycles. The number of rotatable bonds is 5. The predicted molar refractivity (Wildman–Crippen MR) is 87.0 cm³/mol. The molecule has 0 saturated carbocycles. The number of ether oxygens (including phenoxy) is 2. The van der Waals surface area contributed by atoms with E-state index in [1.807, 2.05) is 45.0 Å². The lowest BCUT2D eigenvalue weighted by Gasteiger charge is -2.17. The second-order valence-corrected chi connectivity index (χ2v) is 5.62. The Balaban J connectivity index is 2.62. The summed E-state index contributed by atoms with van der Waals surface area (Å²) in [5.74, 6) is -0.741. The third-order valence-electron chi connectivity index (χ3n) is 2.45. The van der Waals surface area contributed by atoms with E-state index in [0.717, 1.165) is 11.1 Å². The molecule has 22 heavy (non-hydrogen) atoms. The SMILES string of the molecule is CCOC(=O)/C=C/c1ccc(/C=C/C(=O)OC(C)(C)C)cc1. The first-order valence-electron chi connectivity index (χ1n) is 7.16. The standard InChI is InChI=1S/C18H22O4/c1-5-21-16(19)12-10-14-6-8-15(9-7-14)11-13-17(20)22-18(2,3)4/h6-13H,5H2,1-4H3/b12-10+,13-11+. The molecule has 1 aromatic rings. The highest BCUT2D eigenvalue weighted by atomic mass is 16.6. The molecule has 4 heteroatoms. The minimum atomic E-state index is -0.497. The van der Waals surface area contributed by atoms with Gasteiger partial charge in [0.2, 0.25) is 0 Å². The minimum absolute atomic E-state index is 0.359. The maximum Gasteiger partial charge on any atom is 0.331 e. The molecule has 0 spiro atoms. The van der Waals surface area contributed by atoms with Gasteiger partial charge in [0.15, 0.2) is 0 Å². The number of carbonyl (C=O) groups is 2. The molecule has 1 rings (SSSR count). The summed E-state index contributed by atoms with van der Waals surface area (Å²) in [5.41, 5.74) is 1.25. The Bertz CT molecular complexity index is 560. The number of benzene rings is 1. The fraction of sp³-hybridized carbons (Fsp3) is 0.333. The highest BCUT2D eigenvalue weighted by molar-refractivity contribution is 5.88. The van der Waals surface area contributed by atoms with Crippen molar-refractivity contribution in [2.75, 3.05) is 6.61 Å². The number of esters is 2. The Morgan fingerprint density at radius 2 is 1.41 bits per heavy atom. The van der Waals surface area contributed by atoms with Crippen molar-refractivity contribution in [3.63, 3.8) is 0 Å². The lowest BCUT2D eigenvalue weighted by atomic mass is 10.1. The Morgan fingerprint density at radius 1 is 0.955 bits per heavy atom. The van der Waals surface area contributed by atoms with Gasteiger partial charge in [-0.25, -0.2) is 9.59 Å². The summed E-state index contributed by atoms with van der Waals surface area (Å²) in [7, 11) is 0. The van der Waals surface area contributed by atoms with Crippen LogP contribution in [0.4, 0.5) is 0 Å². The van der Waals surface area contributed by atoms with Crippen molar-refractivity contribution < 1.29 is 19.1 Å². The molecule has 0 radical (unpaired) electrons. The molecule has 0 atom stereocenters. The summed E-state index contributed by atoms with van der Waals surface area (Å²) in [6.07, 6.45) is 6.15. The molecule has 118 valence electrons. The fourth-order valence-corrected chi connectivity index (χ4v) is 1.57. The number of hydrogen-bond acceptors (Lipinski definition) is 4. The van der Waals surface area contributed by atoms with Gasteiger partial charge in [0.1, 0.15) is 5.60 Å². The fourth-order valence-electron chi connectivity index (χ4n) is 1.57. The van der Waals surface area contributed by atoms with Crippen LogP contribution >= 0.6 is 0 Å². The van der Waals surface area contributed by atoms with Crippen molar-refractivity contribution >= 4 is 24.1 Å². The zero-order chi connectivity index (χ0) is 16.6. The zero-order valence-electron chi connectivity index (χ0n) is 13.5. The van der Waals surface area contributed by atoms with Gasteiger partial charge in [-0.3, -0.25) is 0 Å². The molecule has 0 saturated heterocycles. The maximum atomic E-state index is 11.6. The van der Waals surface area contributed by atoms with Gasteiger partial charge in [-0.2, -0.15) is 0 Å². The first-order chi connectivity index (χ1) is 10.3. The maximum absolute atomic E-state index is 11.6. The van der Waals surface area contributed by atoms with Crippen LogP contribution in [0.3, 0.4) is 0 Å². The van der Waals surface area contributed by atoms with E-state index in [-0.39, 0.29) is 11.9 Å². The zero-order valence-corrected chi connectivity index (χ0v) is 13.5. The van der Waals surface area contributed by atoms with Crippen molar-refractivity contribution in [2.24, 2.45) is 0 Å². The van der Waals surface area contributed by atoms with Gasteiger partial charge >= 0.3 is 11.9 Å². The van der Waals surface area contributed by atoms with Gasteiger partial charge in [-0.05, 0) is 51.0 Å². The van der Waals surface area contributed by atoms with E-state index in [4.69, 9.17) is 9.47 Å². The molecule has 0 N–H and O–H groups in total. The van der Waals surface area contributed by atoms with E-state index in [2.05, 4.69) is 0 Å². The largest absolute Gasteiger partial charge is 0.463 e. The van der Waals surface area contributed by atoms with Gasteiger partial charge in [0, 0.05) is 12.2 Å². The molecule has 0 aliphatic rings. The lowest BCUT2D eigenvalue weighted by molar-refractivity contribution is -0.148. The summed E-state index contributed by atoms with van der Waals surface area (Å²) in [6.45, 7) is 7.59. The van der Waals surface area contributed by atoms with Crippen LogP contribution in [0.15, 0.2) is 36.4 Å². The third-order valence-corrected chi connectivity index (χ3v) is 2.45. The van der Waals surface area contributed by atoms with Crippen LogP contribution in [0.2, 0.25) is 0 Å². The van der Waals surface area contributed by atoms with Crippen molar-refractivity contribution in [2.45, 2.75) is 33.3 Å². The summed E-state index contributed by atoms with van der Waals surface area (Å²) in [4.78, 5) is 22.8. The molecule has 0 heterocycles. The molecule has 4 nitrogen and oxygen atoms in total. The van der Waals surface area contributed by atoms with Crippen LogP contribution in [0.5, 0.6) is 0 Å². The highest BCUT2D eigenvalue weighted by Crippen LogP contribution is 2.10. The molecular weight excluding hydrogens is 280 g/mol. The van der Waals surface area contributed by atoms with E-state index in [1.165, 1.54) is 12.2 Å². The Labute approximate surface area is 131 Å². The first kappa shape index (κ1) is 17.7. The summed E-state index contributed by atoms with van der Waals surface area (Å²) >= 11 is 0. The smallest absolute Gasteiger partial charge is 0.331 e. The van der Waals surface area contributed by atoms with Crippen LogP contribution in [0.25, 0.3) is 12.2 Å². The van der Waals surface area contributed by atoms with Gasteiger partial charge in [0.05, 0.1) is 6.61 Å². The van der Waals surface area contributed by atoms with Crippen molar-refractivity contribution in [3.05, 3.63) is 47.5 Å². The van der Waals surface area contributed by atoms with Gasteiger partial charge < -0.3 is 9.47 Å². The molecule has 1 aromatic carbocycles. The Morgan fingerprint density at radius 3 is 1.82 bits per heavy atom. The van der Waals surface area contributed by atoms with E-state index >= 15 is 0 Å². The summed E-state index contributed by atoms with van der Waals surface area (Å²) in [6, 6.07) is 7.41. The van der Waals surface area contributed by atoms with Gasteiger partial charge in [-0.1, -0.05) is 24.3 Å². The molecule has 0 amide bonds. The Hall–Kier alpha value is -2.36. The second kappa shape index (κ2) is 8.17. The van der Waals surface area contributed by atoms with E-state index < -0.39 is 5.60 Å². The van der Waals surface area contributed by atoms with Crippen LogP contribution in [0, 0.1) is 0 Å². The second-order valence-electron chi connectivity index (χ2n) is 5.62. The van der Waals surface area contributed by atoms with Crippen LogP contribution in [-0.4, -0.2) is 24.1 Å². The average Bonchev–Trinajstić information content (AvgIpc) is 2.42. The normalized spacial score (nSPS) is 11.8. The predicted octanol–water partition coefficient (Wildman–Crippen LogP) is 3.62. The monoisotopic (exact) mass is 302 g/mol. The highest BCUT2D eigenvalue weighted by Gasteiger charge is 2.13. The van der Waals surface area contributed by atoms with Gasteiger partial charge in [0.25, 0.3) is 0 Å². The van der Waals surface area contributed by atoms with E-state index in [0.29, 0.717) is 6.61 Å². The minimum Gasteiger partial charge on any atom is -0.463 e. The van der Waals surface area contributed by atoms with E-state index in [9.17, 15) is 9.59 Å². The van der Waals surface area contributed by atoms with Gasteiger partial charge in [-0.15, -0.1) is 0 Å². The molecule has 0 unspecified atom stereocenters. The van der Waals surface area contributed by atoms with Crippen LogP contribution in [-0.2, 0) is 19.1 Å². The molecule has 0 fully saturated rings. The Kier molecular flexibility index (Phi) is 6.57. The number of hydrogen-bond donors (Lipinski definition) is 0. The lowest BCUT2D eigenvalue weighted by Crippen LogP contribution is -2.22. The van der Waals surface area contributed by atoms with E-state index in [1.54, 1.807) is 19.1 Å². The van der Waals surface area contributed by atoms with Crippen molar-refractivity contribution in [3.8, 4) is 0 Å². The third kappa shape index (κ3) is 7.43. The molecule has 0 aromatic heterocycles. The van der Waals surface area contributed by atoms with Crippen LogP contribution in [0.1, 0.15) is 38.8 Å². The summed E-state index contributed by atoms with van der Waals surface area (Å²) in [5, 5.41) is 0.